The first-order valence-electron chi connectivity index (χ1n) is 3.73. The van der Waals surface area contributed by atoms with Crippen molar-refractivity contribution in [2.75, 3.05) is 0 Å². The molecule has 0 aliphatic carbocycles. The molecule has 14 heavy (non-hydrogen) atoms. The van der Waals surface area contributed by atoms with Gasteiger partial charge in [0, 0.05) is 6.08 Å². The third kappa shape index (κ3) is 2.16. The molecule has 0 atom stereocenters. The van der Waals surface area contributed by atoms with Gasteiger partial charge in [0.1, 0.15) is 0 Å². The zero-order chi connectivity index (χ0) is 10.7. The van der Waals surface area contributed by atoms with Crippen molar-refractivity contribution in [1.82, 2.24) is 0 Å². The largest absolute Gasteiger partial charge is 0.504 e. The molecule has 74 valence electrons. The first-order valence-corrected chi connectivity index (χ1v) is 3.73. The van der Waals surface area contributed by atoms with Crippen molar-refractivity contribution in [3.05, 3.63) is 23.8 Å². The van der Waals surface area contributed by atoms with Crippen LogP contribution in [0.5, 0.6) is 17.2 Å². The van der Waals surface area contributed by atoms with Gasteiger partial charge in [0.05, 0.1) is 0 Å². The van der Waals surface area contributed by atoms with Gasteiger partial charge in [-0.3, -0.25) is 4.79 Å². The van der Waals surface area contributed by atoms with E-state index >= 15 is 0 Å². The molecule has 0 unspecified atom stereocenters. The standard InChI is InChI=1S/C9H9NO4/c10-8(13)2-1-5-3-6(11)9(14)7(12)4-5/h1-4,11-12,14H,(H2,10,13). The van der Waals surface area contributed by atoms with Crippen LogP contribution in [-0.4, -0.2) is 21.2 Å². The van der Waals surface area contributed by atoms with Gasteiger partial charge in [-0.2, -0.15) is 0 Å². The Morgan fingerprint density at radius 2 is 1.71 bits per heavy atom. The summed E-state index contributed by atoms with van der Waals surface area (Å²) in [5.74, 6) is -2.17. The van der Waals surface area contributed by atoms with Crippen molar-refractivity contribution in [1.29, 1.82) is 0 Å². The van der Waals surface area contributed by atoms with E-state index in [0.29, 0.717) is 5.56 Å². The Morgan fingerprint density at radius 3 is 2.14 bits per heavy atom. The molecule has 0 radical (unpaired) electrons. The summed E-state index contributed by atoms with van der Waals surface area (Å²) < 4.78 is 0. The molecule has 1 amide bonds. The van der Waals surface area contributed by atoms with Crippen LogP contribution in [-0.2, 0) is 4.79 Å². The minimum atomic E-state index is -0.642. The number of phenolic OH excluding ortho intramolecular Hbond substituents is 3. The van der Waals surface area contributed by atoms with Gasteiger partial charge in [-0.1, -0.05) is 0 Å². The molecule has 5 nitrogen and oxygen atoms in total. The van der Waals surface area contributed by atoms with Gasteiger partial charge < -0.3 is 21.1 Å². The molecule has 0 fully saturated rings. The highest BCUT2D eigenvalue weighted by Crippen LogP contribution is 2.35. The number of benzene rings is 1. The second-order valence-corrected chi connectivity index (χ2v) is 2.64. The summed E-state index contributed by atoms with van der Waals surface area (Å²) >= 11 is 0. The maximum absolute atomic E-state index is 10.4. The number of carbonyl (C=O) groups is 1. The number of carbonyl (C=O) groups excluding carboxylic acids is 1. The zero-order valence-electron chi connectivity index (χ0n) is 7.14. The number of amides is 1. The van der Waals surface area contributed by atoms with Crippen LogP contribution in [0.25, 0.3) is 6.08 Å². The highest BCUT2D eigenvalue weighted by molar-refractivity contribution is 5.90. The first-order chi connectivity index (χ1) is 6.50. The van der Waals surface area contributed by atoms with Crippen molar-refractivity contribution >= 4 is 12.0 Å². The van der Waals surface area contributed by atoms with Crippen LogP contribution in [0.1, 0.15) is 5.56 Å². The lowest BCUT2D eigenvalue weighted by Crippen LogP contribution is -2.05. The SMILES string of the molecule is NC(=O)C=Cc1cc(O)c(O)c(O)c1. The van der Waals surface area contributed by atoms with Crippen LogP contribution in [0.15, 0.2) is 18.2 Å². The zero-order valence-corrected chi connectivity index (χ0v) is 7.14. The number of primary amides is 1. The summed E-state index contributed by atoms with van der Waals surface area (Å²) in [5, 5.41) is 27.2. The lowest BCUT2D eigenvalue weighted by atomic mass is 10.1. The minimum Gasteiger partial charge on any atom is -0.504 e. The summed E-state index contributed by atoms with van der Waals surface area (Å²) in [6.07, 6.45) is 2.38. The molecule has 0 bridgehead atoms. The normalized spacial score (nSPS) is 10.6. The van der Waals surface area contributed by atoms with Gasteiger partial charge in [0.15, 0.2) is 17.2 Å². The van der Waals surface area contributed by atoms with Crippen molar-refractivity contribution in [2.24, 2.45) is 5.73 Å². The monoisotopic (exact) mass is 195 g/mol. The number of hydrogen-bond donors (Lipinski definition) is 4. The summed E-state index contributed by atoms with van der Waals surface area (Å²) in [7, 11) is 0. The van der Waals surface area contributed by atoms with Crippen LogP contribution in [0.3, 0.4) is 0 Å². The molecule has 0 heterocycles. The molecular formula is C9H9NO4. The van der Waals surface area contributed by atoms with Gasteiger partial charge in [-0.15, -0.1) is 0 Å². The van der Waals surface area contributed by atoms with Gasteiger partial charge in [-0.05, 0) is 23.8 Å². The van der Waals surface area contributed by atoms with Crippen molar-refractivity contribution < 1.29 is 20.1 Å². The molecule has 5 heteroatoms. The third-order valence-corrected chi connectivity index (χ3v) is 1.53. The number of rotatable bonds is 2. The Morgan fingerprint density at radius 1 is 1.21 bits per heavy atom. The molecule has 5 N–H and O–H groups in total. The first kappa shape index (κ1) is 9.91. The number of nitrogens with two attached hydrogens (primary N) is 1. The average molecular weight is 195 g/mol. The topological polar surface area (TPSA) is 104 Å². The lowest BCUT2D eigenvalue weighted by Gasteiger charge is -2.01. The quantitative estimate of drug-likeness (QED) is 0.402. The number of aromatic hydroxyl groups is 3. The van der Waals surface area contributed by atoms with E-state index in [9.17, 15) is 4.79 Å². The van der Waals surface area contributed by atoms with E-state index in [1.807, 2.05) is 0 Å². The fourth-order valence-corrected chi connectivity index (χ4v) is 0.900. The van der Waals surface area contributed by atoms with E-state index < -0.39 is 23.2 Å². The molecular weight excluding hydrogens is 186 g/mol. The molecule has 1 rings (SSSR count). The maximum atomic E-state index is 10.4. The fraction of sp³-hybridized carbons (Fsp3) is 0. The second-order valence-electron chi connectivity index (χ2n) is 2.64. The maximum Gasteiger partial charge on any atom is 0.241 e. The van der Waals surface area contributed by atoms with Crippen LogP contribution < -0.4 is 5.73 Å². The molecule has 0 saturated heterocycles. The minimum absolute atomic E-state index is 0.358. The number of hydrogen-bond acceptors (Lipinski definition) is 4. The Kier molecular flexibility index (Phi) is 2.62. The van der Waals surface area contributed by atoms with E-state index in [1.54, 1.807) is 0 Å². The highest BCUT2D eigenvalue weighted by atomic mass is 16.3. The summed E-state index contributed by atoms with van der Waals surface area (Å²) in [4.78, 5) is 10.4. The molecule has 0 aliphatic rings. The van der Waals surface area contributed by atoms with Crippen molar-refractivity contribution in [3.8, 4) is 17.2 Å². The molecule has 1 aromatic rings. The predicted molar refractivity (Wildman–Crippen MR) is 49.7 cm³/mol. The van der Waals surface area contributed by atoms with E-state index in [1.165, 1.54) is 18.2 Å². The van der Waals surface area contributed by atoms with Gasteiger partial charge in [0.2, 0.25) is 5.91 Å². The predicted octanol–water partition coefficient (Wildman–Crippen LogP) is 0.302. The van der Waals surface area contributed by atoms with Crippen LogP contribution in [0.2, 0.25) is 0 Å². The third-order valence-electron chi connectivity index (χ3n) is 1.53. The van der Waals surface area contributed by atoms with E-state index in [0.717, 1.165) is 6.08 Å². The Hall–Kier alpha value is -2.17. The smallest absolute Gasteiger partial charge is 0.241 e. The second kappa shape index (κ2) is 3.69. The van der Waals surface area contributed by atoms with E-state index in [-0.39, 0.29) is 0 Å². The molecule has 0 aromatic heterocycles. The lowest BCUT2D eigenvalue weighted by molar-refractivity contribution is -0.113. The van der Waals surface area contributed by atoms with Crippen LogP contribution in [0, 0.1) is 0 Å². The van der Waals surface area contributed by atoms with E-state index in [2.05, 4.69) is 0 Å². The molecule has 1 aromatic carbocycles. The van der Waals surface area contributed by atoms with Crippen LogP contribution in [0.4, 0.5) is 0 Å². The fourth-order valence-electron chi connectivity index (χ4n) is 0.900. The van der Waals surface area contributed by atoms with Gasteiger partial charge >= 0.3 is 0 Å². The summed E-state index contributed by atoms with van der Waals surface area (Å²) in [5.41, 5.74) is 5.20. The Bertz CT molecular complexity index is 375. The van der Waals surface area contributed by atoms with E-state index in [4.69, 9.17) is 21.1 Å². The highest BCUT2D eigenvalue weighted by Gasteiger charge is 2.06. The van der Waals surface area contributed by atoms with Gasteiger partial charge in [-0.25, -0.2) is 0 Å². The molecule has 0 aliphatic heterocycles. The summed E-state index contributed by atoms with van der Waals surface area (Å²) in [6.45, 7) is 0. The molecule has 0 spiro atoms. The van der Waals surface area contributed by atoms with Gasteiger partial charge in [0.25, 0.3) is 0 Å². The average Bonchev–Trinajstić information content (AvgIpc) is 2.10. The Labute approximate surface area is 79.7 Å². The number of phenols is 3. The summed E-state index contributed by atoms with van der Waals surface area (Å²) in [6, 6.07) is 2.38. The molecule has 0 saturated carbocycles. The Balaban J connectivity index is 3.07. The van der Waals surface area contributed by atoms with Crippen molar-refractivity contribution in [3.63, 3.8) is 0 Å². The van der Waals surface area contributed by atoms with Crippen molar-refractivity contribution in [2.45, 2.75) is 0 Å². The van der Waals surface area contributed by atoms with Crippen LogP contribution >= 0.6 is 0 Å².